The predicted octanol–water partition coefficient (Wildman–Crippen LogP) is 3.41. The molecule has 0 aliphatic rings. The number of fused-ring (bicyclic) bond motifs is 2. The Kier molecular flexibility index (Phi) is 3.68. The lowest BCUT2D eigenvalue weighted by Crippen LogP contribution is -2.30. The average Bonchev–Trinajstić information content (AvgIpc) is 2.67. The molecule has 2 aromatic carbocycles. The monoisotopic (exact) mass is 348 g/mol. The molecule has 6 nitrogen and oxygen atoms in total. The Labute approximate surface area is 148 Å². The van der Waals surface area contributed by atoms with E-state index in [-0.39, 0.29) is 22.9 Å². The SMILES string of the molecule is CCC(C)(c1nc(=O)c2ccccc2o1)c1nc(=O)c2ccccc2o1. The first-order valence-electron chi connectivity index (χ1n) is 8.33. The van der Waals surface area contributed by atoms with Crippen molar-refractivity contribution in [2.24, 2.45) is 0 Å². The van der Waals surface area contributed by atoms with Gasteiger partial charge < -0.3 is 8.83 Å². The molecule has 2 aromatic heterocycles. The van der Waals surface area contributed by atoms with Crippen LogP contribution >= 0.6 is 0 Å². The lowest BCUT2D eigenvalue weighted by molar-refractivity contribution is 0.313. The molecule has 0 saturated carbocycles. The fourth-order valence-electron chi connectivity index (χ4n) is 2.89. The minimum absolute atomic E-state index is 0.176. The summed E-state index contributed by atoms with van der Waals surface area (Å²) >= 11 is 0. The number of benzene rings is 2. The van der Waals surface area contributed by atoms with Crippen molar-refractivity contribution in [1.82, 2.24) is 9.97 Å². The van der Waals surface area contributed by atoms with E-state index in [0.29, 0.717) is 28.4 Å². The lowest BCUT2D eigenvalue weighted by Gasteiger charge is -2.23. The summed E-state index contributed by atoms with van der Waals surface area (Å²) in [4.78, 5) is 33.0. The summed E-state index contributed by atoms with van der Waals surface area (Å²) < 4.78 is 11.8. The Morgan fingerprint density at radius 2 is 1.23 bits per heavy atom. The summed E-state index contributed by atoms with van der Waals surface area (Å²) in [6.45, 7) is 3.70. The quantitative estimate of drug-likeness (QED) is 0.564. The van der Waals surface area contributed by atoms with Crippen LogP contribution in [-0.2, 0) is 5.41 Å². The molecule has 2 heterocycles. The first kappa shape index (κ1) is 16.2. The predicted molar refractivity (Wildman–Crippen MR) is 97.3 cm³/mol. The summed E-state index contributed by atoms with van der Waals surface area (Å²) in [7, 11) is 0. The Morgan fingerprint density at radius 3 is 1.65 bits per heavy atom. The molecule has 0 aliphatic heterocycles. The molecular formula is C20H16N2O4. The summed E-state index contributed by atoms with van der Waals surface area (Å²) in [6.07, 6.45) is 0.482. The molecule has 4 aromatic rings. The topological polar surface area (TPSA) is 86.2 Å². The summed E-state index contributed by atoms with van der Waals surface area (Å²) in [5.74, 6) is 0.351. The minimum atomic E-state index is -0.952. The van der Waals surface area contributed by atoms with Crippen LogP contribution < -0.4 is 11.1 Å². The molecule has 4 rings (SSSR count). The van der Waals surface area contributed by atoms with E-state index in [9.17, 15) is 9.59 Å². The van der Waals surface area contributed by atoms with Crippen molar-refractivity contribution in [2.45, 2.75) is 25.7 Å². The van der Waals surface area contributed by atoms with E-state index in [0.717, 1.165) is 0 Å². The van der Waals surface area contributed by atoms with Crippen LogP contribution in [0.15, 0.2) is 67.0 Å². The van der Waals surface area contributed by atoms with Crippen molar-refractivity contribution in [3.63, 3.8) is 0 Å². The van der Waals surface area contributed by atoms with Crippen molar-refractivity contribution >= 4 is 21.9 Å². The largest absolute Gasteiger partial charge is 0.441 e. The third-order valence-corrected chi connectivity index (χ3v) is 4.71. The van der Waals surface area contributed by atoms with E-state index in [4.69, 9.17) is 8.83 Å². The van der Waals surface area contributed by atoms with E-state index in [1.165, 1.54) is 0 Å². The molecule has 0 spiro atoms. The van der Waals surface area contributed by atoms with Crippen LogP contribution in [0.1, 0.15) is 32.0 Å². The molecule has 0 bridgehead atoms. The molecule has 0 amide bonds. The highest BCUT2D eigenvalue weighted by Crippen LogP contribution is 2.33. The maximum absolute atomic E-state index is 12.4. The molecule has 0 saturated heterocycles. The van der Waals surface area contributed by atoms with Gasteiger partial charge >= 0.3 is 0 Å². The van der Waals surface area contributed by atoms with Gasteiger partial charge in [-0.1, -0.05) is 31.2 Å². The molecule has 0 atom stereocenters. The second-order valence-corrected chi connectivity index (χ2v) is 6.33. The van der Waals surface area contributed by atoms with Crippen LogP contribution in [0.4, 0.5) is 0 Å². The van der Waals surface area contributed by atoms with E-state index in [2.05, 4.69) is 9.97 Å². The van der Waals surface area contributed by atoms with Crippen molar-refractivity contribution in [3.8, 4) is 0 Å². The van der Waals surface area contributed by atoms with Gasteiger partial charge in [-0.2, -0.15) is 9.97 Å². The second-order valence-electron chi connectivity index (χ2n) is 6.33. The van der Waals surface area contributed by atoms with Crippen LogP contribution in [0.25, 0.3) is 21.9 Å². The van der Waals surface area contributed by atoms with E-state index < -0.39 is 5.41 Å². The van der Waals surface area contributed by atoms with Crippen molar-refractivity contribution in [2.75, 3.05) is 0 Å². The normalized spacial score (nSPS) is 11.9. The third-order valence-electron chi connectivity index (χ3n) is 4.71. The number of rotatable bonds is 3. The van der Waals surface area contributed by atoms with Crippen molar-refractivity contribution in [3.05, 3.63) is 81.0 Å². The minimum Gasteiger partial charge on any atom is -0.441 e. The number of aromatic nitrogens is 2. The zero-order valence-corrected chi connectivity index (χ0v) is 14.4. The van der Waals surface area contributed by atoms with Crippen molar-refractivity contribution < 1.29 is 8.83 Å². The first-order chi connectivity index (χ1) is 12.5. The zero-order chi connectivity index (χ0) is 18.3. The van der Waals surface area contributed by atoms with Gasteiger partial charge in [0.15, 0.2) is 0 Å². The number of hydrogen-bond donors (Lipinski definition) is 0. The lowest BCUT2D eigenvalue weighted by atomic mass is 9.87. The molecule has 0 aliphatic carbocycles. The third kappa shape index (κ3) is 2.42. The number of para-hydroxylation sites is 2. The summed E-state index contributed by atoms with van der Waals surface area (Å²) in [6, 6.07) is 13.8. The van der Waals surface area contributed by atoms with Gasteiger partial charge in [0.1, 0.15) is 16.6 Å². The Morgan fingerprint density at radius 1 is 0.808 bits per heavy atom. The van der Waals surface area contributed by atoms with Gasteiger partial charge in [0.05, 0.1) is 10.8 Å². The van der Waals surface area contributed by atoms with Crippen LogP contribution in [0.3, 0.4) is 0 Å². The van der Waals surface area contributed by atoms with Crippen LogP contribution in [0.2, 0.25) is 0 Å². The number of nitrogens with zero attached hydrogens (tertiary/aromatic N) is 2. The average molecular weight is 348 g/mol. The van der Waals surface area contributed by atoms with Crippen LogP contribution in [0.5, 0.6) is 0 Å². The highest BCUT2D eigenvalue weighted by atomic mass is 16.4. The summed E-state index contributed by atoms with van der Waals surface area (Å²) in [5, 5.41) is 0.810. The molecule has 0 radical (unpaired) electrons. The maximum atomic E-state index is 12.4. The van der Waals surface area contributed by atoms with Gasteiger partial charge in [-0.25, -0.2) is 0 Å². The standard InChI is InChI=1S/C20H16N2O4/c1-3-20(2,18-21-16(23)12-8-4-6-10-14(12)25-18)19-22-17(24)13-9-5-7-11-15(13)26-19/h4-11H,3H2,1-2H3. The maximum Gasteiger partial charge on any atom is 0.283 e. The van der Waals surface area contributed by atoms with Gasteiger partial charge in [0.2, 0.25) is 11.8 Å². The molecule has 0 N–H and O–H groups in total. The molecule has 0 fully saturated rings. The number of hydrogen-bond acceptors (Lipinski definition) is 6. The fourth-order valence-corrected chi connectivity index (χ4v) is 2.89. The van der Waals surface area contributed by atoms with E-state index in [1.807, 2.05) is 6.92 Å². The van der Waals surface area contributed by atoms with Gasteiger partial charge in [0, 0.05) is 0 Å². The van der Waals surface area contributed by atoms with Gasteiger partial charge in [0.25, 0.3) is 11.1 Å². The molecule has 26 heavy (non-hydrogen) atoms. The van der Waals surface area contributed by atoms with Crippen molar-refractivity contribution in [1.29, 1.82) is 0 Å². The molecular weight excluding hydrogens is 332 g/mol. The zero-order valence-electron chi connectivity index (χ0n) is 14.4. The molecule has 130 valence electrons. The van der Waals surface area contributed by atoms with Crippen LogP contribution in [-0.4, -0.2) is 9.97 Å². The smallest absolute Gasteiger partial charge is 0.283 e. The van der Waals surface area contributed by atoms with Crippen LogP contribution in [0, 0.1) is 0 Å². The Balaban J connectivity index is 1.99. The fraction of sp³-hybridized carbons (Fsp3) is 0.200. The Bertz CT molecular complexity index is 1150. The van der Waals surface area contributed by atoms with E-state index >= 15 is 0 Å². The van der Waals surface area contributed by atoms with Gasteiger partial charge in [-0.15, -0.1) is 0 Å². The molecule has 0 unspecified atom stereocenters. The second kappa shape index (κ2) is 5.91. The van der Waals surface area contributed by atoms with Gasteiger partial charge in [-0.3, -0.25) is 9.59 Å². The highest BCUT2D eigenvalue weighted by Gasteiger charge is 2.37. The molecule has 6 heteroatoms. The summed E-state index contributed by atoms with van der Waals surface area (Å²) in [5.41, 5.74) is -0.850. The van der Waals surface area contributed by atoms with E-state index in [1.54, 1.807) is 55.5 Å². The Hall–Kier alpha value is -3.28. The van der Waals surface area contributed by atoms with Gasteiger partial charge in [-0.05, 0) is 37.6 Å². The first-order valence-corrected chi connectivity index (χ1v) is 8.33. The highest BCUT2D eigenvalue weighted by molar-refractivity contribution is 5.76.